The van der Waals surface area contributed by atoms with Crippen LogP contribution in [0.15, 0.2) is 12.1 Å². The van der Waals surface area contributed by atoms with Crippen LogP contribution in [0.4, 0.5) is 5.69 Å². The molecule has 1 unspecified atom stereocenters. The van der Waals surface area contributed by atoms with Crippen LogP contribution >= 0.6 is 0 Å². The van der Waals surface area contributed by atoms with Crippen molar-refractivity contribution in [2.24, 2.45) is 0 Å². The molecule has 0 aliphatic carbocycles. The minimum atomic E-state index is -0.282. The van der Waals surface area contributed by atoms with E-state index in [9.17, 15) is 4.79 Å². The summed E-state index contributed by atoms with van der Waals surface area (Å²) in [7, 11) is 0. The molecule has 0 radical (unpaired) electrons. The second-order valence-electron chi connectivity index (χ2n) is 4.53. The van der Waals surface area contributed by atoms with E-state index in [0.29, 0.717) is 11.3 Å². The van der Waals surface area contributed by atoms with Gasteiger partial charge in [0.25, 0.3) is 0 Å². The molecule has 94 valence electrons. The number of aryl methyl sites for hydroxylation is 2. The Bertz CT molecular complexity index is 413. The number of ether oxygens (including phenoxy) is 1. The molecule has 0 saturated heterocycles. The zero-order chi connectivity index (χ0) is 13.0. The summed E-state index contributed by atoms with van der Waals surface area (Å²) < 4.78 is 5.36. The van der Waals surface area contributed by atoms with E-state index in [1.165, 1.54) is 0 Å². The van der Waals surface area contributed by atoms with Gasteiger partial charge in [-0.3, -0.25) is 0 Å². The van der Waals surface area contributed by atoms with Gasteiger partial charge in [0, 0.05) is 5.69 Å². The van der Waals surface area contributed by atoms with Crippen LogP contribution < -0.4 is 5.73 Å². The maximum Gasteiger partial charge on any atom is 0.338 e. The molecule has 0 aliphatic heterocycles. The van der Waals surface area contributed by atoms with Crippen molar-refractivity contribution >= 4 is 11.7 Å². The van der Waals surface area contributed by atoms with Crippen LogP contribution in [0.1, 0.15) is 48.2 Å². The Morgan fingerprint density at radius 1 is 1.35 bits per heavy atom. The molecule has 0 fully saturated rings. The van der Waals surface area contributed by atoms with Crippen LogP contribution in [0.25, 0.3) is 0 Å². The Hall–Kier alpha value is -1.51. The molecular formula is C14H21NO2. The van der Waals surface area contributed by atoms with Gasteiger partial charge in [-0.25, -0.2) is 4.79 Å². The Labute approximate surface area is 103 Å². The van der Waals surface area contributed by atoms with Gasteiger partial charge in [0.15, 0.2) is 0 Å². The number of rotatable bonds is 4. The maximum atomic E-state index is 11.9. The normalized spacial score (nSPS) is 12.2. The van der Waals surface area contributed by atoms with Gasteiger partial charge in [-0.15, -0.1) is 0 Å². The molecular weight excluding hydrogens is 214 g/mol. The van der Waals surface area contributed by atoms with Gasteiger partial charge < -0.3 is 10.5 Å². The number of nitrogen functional groups attached to an aromatic ring is 1. The largest absolute Gasteiger partial charge is 0.459 e. The summed E-state index contributed by atoms with van der Waals surface area (Å²) in [6.07, 6.45) is 1.84. The van der Waals surface area contributed by atoms with Crippen molar-refractivity contribution in [3.8, 4) is 0 Å². The zero-order valence-corrected chi connectivity index (χ0v) is 11.0. The van der Waals surface area contributed by atoms with Crippen molar-refractivity contribution < 1.29 is 9.53 Å². The van der Waals surface area contributed by atoms with Crippen molar-refractivity contribution in [1.29, 1.82) is 0 Å². The average Bonchev–Trinajstić information content (AvgIpc) is 2.23. The molecule has 1 rings (SSSR count). The summed E-state index contributed by atoms with van der Waals surface area (Å²) >= 11 is 0. The van der Waals surface area contributed by atoms with Gasteiger partial charge in [-0.1, -0.05) is 19.4 Å². The standard InChI is InChI=1S/C14H21NO2/c1-5-6-11(4)17-14(16)12-8-13(15)10(3)7-9(12)2/h7-8,11H,5-6,15H2,1-4H3. The Morgan fingerprint density at radius 3 is 2.59 bits per heavy atom. The second kappa shape index (κ2) is 5.71. The van der Waals surface area contributed by atoms with Crippen LogP contribution in [0.2, 0.25) is 0 Å². The highest BCUT2D eigenvalue weighted by atomic mass is 16.5. The van der Waals surface area contributed by atoms with Crippen LogP contribution in [0, 0.1) is 13.8 Å². The van der Waals surface area contributed by atoms with Crippen molar-refractivity contribution in [2.75, 3.05) is 5.73 Å². The molecule has 0 spiro atoms. The number of nitrogens with two attached hydrogens (primary N) is 1. The number of esters is 1. The predicted octanol–water partition coefficient (Wildman–Crippen LogP) is 3.23. The van der Waals surface area contributed by atoms with Gasteiger partial charge >= 0.3 is 5.97 Å². The highest BCUT2D eigenvalue weighted by Gasteiger charge is 2.15. The van der Waals surface area contributed by atoms with Crippen molar-refractivity contribution in [3.63, 3.8) is 0 Å². The summed E-state index contributed by atoms with van der Waals surface area (Å²) in [6, 6.07) is 3.61. The summed E-state index contributed by atoms with van der Waals surface area (Å²) in [5, 5.41) is 0. The molecule has 0 saturated carbocycles. The van der Waals surface area contributed by atoms with E-state index in [2.05, 4.69) is 6.92 Å². The van der Waals surface area contributed by atoms with Crippen LogP contribution in [0.5, 0.6) is 0 Å². The first kappa shape index (κ1) is 13.6. The minimum Gasteiger partial charge on any atom is -0.459 e. The van der Waals surface area contributed by atoms with Crippen LogP contribution in [-0.2, 0) is 4.74 Å². The molecule has 17 heavy (non-hydrogen) atoms. The predicted molar refractivity (Wildman–Crippen MR) is 70.1 cm³/mol. The summed E-state index contributed by atoms with van der Waals surface area (Å²) in [5.41, 5.74) is 8.90. The molecule has 1 aromatic rings. The van der Waals surface area contributed by atoms with Crippen molar-refractivity contribution in [1.82, 2.24) is 0 Å². The quantitative estimate of drug-likeness (QED) is 0.644. The summed E-state index contributed by atoms with van der Waals surface area (Å²) in [5.74, 6) is -0.282. The lowest BCUT2D eigenvalue weighted by Crippen LogP contribution is -2.16. The summed E-state index contributed by atoms with van der Waals surface area (Å²) in [6.45, 7) is 7.80. The molecule has 0 bridgehead atoms. The molecule has 3 heteroatoms. The molecule has 0 aromatic heterocycles. The van der Waals surface area contributed by atoms with Crippen LogP contribution in [0.3, 0.4) is 0 Å². The van der Waals surface area contributed by atoms with Gasteiger partial charge in [0.1, 0.15) is 0 Å². The second-order valence-corrected chi connectivity index (χ2v) is 4.53. The van der Waals surface area contributed by atoms with Crippen molar-refractivity contribution in [2.45, 2.75) is 46.6 Å². The lowest BCUT2D eigenvalue weighted by Gasteiger charge is -2.14. The maximum absolute atomic E-state index is 11.9. The van der Waals surface area contributed by atoms with E-state index in [1.54, 1.807) is 6.07 Å². The molecule has 1 atom stereocenters. The number of benzene rings is 1. The fraction of sp³-hybridized carbons (Fsp3) is 0.500. The van der Waals surface area contributed by atoms with Gasteiger partial charge in [-0.2, -0.15) is 0 Å². The molecule has 0 aliphatic rings. The van der Waals surface area contributed by atoms with E-state index in [4.69, 9.17) is 10.5 Å². The third-order valence-electron chi connectivity index (χ3n) is 2.84. The Morgan fingerprint density at radius 2 is 2.00 bits per heavy atom. The first-order chi connectivity index (χ1) is 7.95. The van der Waals surface area contributed by atoms with E-state index in [0.717, 1.165) is 24.0 Å². The highest BCUT2D eigenvalue weighted by molar-refractivity contribution is 5.92. The first-order valence-corrected chi connectivity index (χ1v) is 6.03. The molecule has 3 nitrogen and oxygen atoms in total. The Kier molecular flexibility index (Phi) is 4.55. The number of hydrogen-bond acceptors (Lipinski definition) is 3. The first-order valence-electron chi connectivity index (χ1n) is 6.03. The minimum absolute atomic E-state index is 0.0468. The number of carbonyl (C=O) groups excluding carboxylic acids is 1. The van der Waals surface area contributed by atoms with Gasteiger partial charge in [-0.05, 0) is 44.4 Å². The molecule has 1 aromatic carbocycles. The zero-order valence-electron chi connectivity index (χ0n) is 11.0. The molecule has 0 amide bonds. The number of hydrogen-bond donors (Lipinski definition) is 1. The topological polar surface area (TPSA) is 52.3 Å². The Balaban J connectivity index is 2.86. The highest BCUT2D eigenvalue weighted by Crippen LogP contribution is 2.19. The van der Waals surface area contributed by atoms with E-state index >= 15 is 0 Å². The number of anilines is 1. The third-order valence-corrected chi connectivity index (χ3v) is 2.84. The molecule has 0 heterocycles. The summed E-state index contributed by atoms with van der Waals surface area (Å²) in [4.78, 5) is 11.9. The molecule has 2 N–H and O–H groups in total. The van der Waals surface area contributed by atoms with Gasteiger partial charge in [0.05, 0.1) is 11.7 Å². The monoisotopic (exact) mass is 235 g/mol. The van der Waals surface area contributed by atoms with Crippen LogP contribution in [-0.4, -0.2) is 12.1 Å². The lowest BCUT2D eigenvalue weighted by molar-refractivity contribution is 0.0322. The third kappa shape index (κ3) is 3.48. The fourth-order valence-corrected chi connectivity index (χ4v) is 1.80. The van der Waals surface area contributed by atoms with E-state index < -0.39 is 0 Å². The van der Waals surface area contributed by atoms with Gasteiger partial charge in [0.2, 0.25) is 0 Å². The van der Waals surface area contributed by atoms with Crippen molar-refractivity contribution in [3.05, 3.63) is 28.8 Å². The average molecular weight is 235 g/mol. The van der Waals surface area contributed by atoms with E-state index in [1.807, 2.05) is 26.8 Å². The fourth-order valence-electron chi connectivity index (χ4n) is 1.80. The number of carbonyl (C=O) groups is 1. The van der Waals surface area contributed by atoms with E-state index in [-0.39, 0.29) is 12.1 Å². The lowest BCUT2D eigenvalue weighted by atomic mass is 10.0. The smallest absolute Gasteiger partial charge is 0.338 e. The SMILES string of the molecule is CCCC(C)OC(=O)c1cc(N)c(C)cc1C.